The Morgan fingerprint density at radius 2 is 2.10 bits per heavy atom. The highest BCUT2D eigenvalue weighted by Crippen LogP contribution is 2.31. The van der Waals surface area contributed by atoms with Crippen LogP contribution in [0.4, 0.5) is 0 Å². The molecule has 0 aliphatic rings. The molecule has 0 spiro atoms. The van der Waals surface area contributed by atoms with Gasteiger partial charge in [0.05, 0.1) is 10.6 Å². The van der Waals surface area contributed by atoms with E-state index in [4.69, 9.17) is 16.0 Å². The number of likely N-dealkylation sites (N-methyl/N-ethyl adjacent to an activating group) is 1. The molecule has 0 aromatic carbocycles. The fraction of sp³-hybridized carbons (Fsp3) is 0.467. The summed E-state index contributed by atoms with van der Waals surface area (Å²) < 4.78 is 6.37. The molecule has 2 aromatic rings. The molecule has 1 unspecified atom stereocenters. The van der Waals surface area contributed by atoms with E-state index in [0.29, 0.717) is 0 Å². The van der Waals surface area contributed by atoms with Crippen LogP contribution >= 0.6 is 22.9 Å². The lowest BCUT2D eigenvalue weighted by atomic mass is 10.0. The molecule has 0 aliphatic carbocycles. The minimum absolute atomic E-state index is 0.0433. The van der Waals surface area contributed by atoms with Gasteiger partial charge in [0.25, 0.3) is 0 Å². The number of rotatable bonds is 6. The predicted octanol–water partition coefficient (Wildman–Crippen LogP) is 4.01. The molecule has 0 saturated heterocycles. The maximum Gasteiger partial charge on any atom is 0.126 e. The number of thiophene rings is 1. The predicted molar refractivity (Wildman–Crippen MR) is 85.6 cm³/mol. The summed E-state index contributed by atoms with van der Waals surface area (Å²) in [6.45, 7) is 5.27. The van der Waals surface area contributed by atoms with Gasteiger partial charge in [-0.3, -0.25) is 0 Å². The lowest BCUT2D eigenvalue weighted by Crippen LogP contribution is -2.47. The van der Waals surface area contributed by atoms with Crippen molar-refractivity contribution >= 4 is 22.9 Å². The zero-order valence-corrected chi connectivity index (χ0v) is 13.9. The minimum Gasteiger partial charge on any atom is -0.467 e. The molecular weight excluding hydrogens is 292 g/mol. The van der Waals surface area contributed by atoms with Crippen LogP contribution in [-0.4, -0.2) is 31.1 Å². The van der Waals surface area contributed by atoms with E-state index < -0.39 is 0 Å². The van der Waals surface area contributed by atoms with Gasteiger partial charge in [0.1, 0.15) is 11.8 Å². The summed E-state index contributed by atoms with van der Waals surface area (Å²) in [4.78, 5) is 3.38. The average Bonchev–Trinajstić information content (AvgIpc) is 3.01. The number of nitrogens with zero attached hydrogens (tertiary/aromatic N) is 1. The zero-order chi connectivity index (χ0) is 14.8. The van der Waals surface area contributed by atoms with Gasteiger partial charge >= 0.3 is 0 Å². The molecule has 110 valence electrons. The Labute approximate surface area is 129 Å². The Morgan fingerprint density at radius 1 is 1.35 bits per heavy atom. The Morgan fingerprint density at radius 3 is 2.60 bits per heavy atom. The second-order valence-electron chi connectivity index (χ2n) is 5.68. The fourth-order valence-electron chi connectivity index (χ4n) is 1.79. The molecule has 5 heteroatoms. The molecule has 3 nitrogen and oxygen atoms in total. The van der Waals surface area contributed by atoms with Crippen LogP contribution < -0.4 is 5.32 Å². The largest absolute Gasteiger partial charge is 0.467 e. The fourth-order valence-corrected chi connectivity index (χ4v) is 2.94. The first kappa shape index (κ1) is 15.6. The van der Waals surface area contributed by atoms with Gasteiger partial charge in [-0.05, 0) is 52.2 Å². The molecule has 1 N–H and O–H groups in total. The van der Waals surface area contributed by atoms with Gasteiger partial charge in [-0.2, -0.15) is 0 Å². The molecule has 2 heterocycles. The van der Waals surface area contributed by atoms with E-state index in [9.17, 15) is 0 Å². The van der Waals surface area contributed by atoms with Gasteiger partial charge < -0.3 is 14.6 Å². The molecule has 0 saturated carbocycles. The molecule has 2 rings (SSSR count). The van der Waals surface area contributed by atoms with Crippen molar-refractivity contribution in [3.8, 4) is 0 Å². The number of hydrogen-bond donors (Lipinski definition) is 1. The van der Waals surface area contributed by atoms with Crippen LogP contribution in [0, 0.1) is 0 Å². The third-order valence-corrected chi connectivity index (χ3v) is 4.95. The number of hydrogen-bond acceptors (Lipinski definition) is 4. The van der Waals surface area contributed by atoms with Crippen molar-refractivity contribution in [2.45, 2.75) is 25.4 Å². The molecule has 20 heavy (non-hydrogen) atoms. The molecule has 0 bridgehead atoms. The number of halogens is 1. The monoisotopic (exact) mass is 312 g/mol. The SMILES string of the molecule is CN(C)C(C)(C)CNC(c1ccco1)c1ccc(Cl)s1. The Kier molecular flexibility index (Phi) is 4.91. The van der Waals surface area contributed by atoms with E-state index >= 15 is 0 Å². The molecule has 1 atom stereocenters. The summed E-state index contributed by atoms with van der Waals surface area (Å²) >= 11 is 7.64. The summed E-state index contributed by atoms with van der Waals surface area (Å²) in [5.74, 6) is 0.915. The van der Waals surface area contributed by atoms with Crippen LogP contribution in [0.2, 0.25) is 4.34 Å². The summed E-state index contributed by atoms with van der Waals surface area (Å²) in [5, 5.41) is 3.59. The van der Waals surface area contributed by atoms with Crippen molar-refractivity contribution in [1.82, 2.24) is 10.2 Å². The summed E-state index contributed by atoms with van der Waals surface area (Å²) in [5.41, 5.74) is 0.0614. The first-order chi connectivity index (χ1) is 9.40. The maximum atomic E-state index is 6.06. The number of nitrogens with one attached hydrogen (secondary N) is 1. The summed E-state index contributed by atoms with van der Waals surface area (Å²) in [6, 6.07) is 7.93. The van der Waals surface area contributed by atoms with Crippen LogP contribution in [0.25, 0.3) is 0 Å². The standard InChI is InChI=1S/C15H21ClN2OS/c1-15(2,18(3)4)10-17-14(11-6-5-9-19-11)12-7-8-13(16)20-12/h5-9,14,17H,10H2,1-4H3. The quantitative estimate of drug-likeness (QED) is 0.873. The highest BCUT2D eigenvalue weighted by atomic mass is 35.5. The molecule has 0 amide bonds. The molecule has 0 aliphatic heterocycles. The summed E-state index contributed by atoms with van der Waals surface area (Å²) in [7, 11) is 4.18. The van der Waals surface area contributed by atoms with Gasteiger partial charge in [-0.1, -0.05) is 11.6 Å². The molecular formula is C15H21ClN2OS. The van der Waals surface area contributed by atoms with Crippen molar-refractivity contribution in [3.63, 3.8) is 0 Å². The highest BCUT2D eigenvalue weighted by Gasteiger charge is 2.25. The number of furan rings is 1. The van der Waals surface area contributed by atoms with Crippen LogP contribution in [0.5, 0.6) is 0 Å². The van der Waals surface area contributed by atoms with Crippen molar-refractivity contribution < 1.29 is 4.42 Å². The summed E-state index contributed by atoms with van der Waals surface area (Å²) in [6.07, 6.45) is 1.70. The van der Waals surface area contributed by atoms with Gasteiger partial charge in [0.15, 0.2) is 0 Å². The first-order valence-corrected chi connectivity index (χ1v) is 7.79. The average molecular weight is 313 g/mol. The maximum absolute atomic E-state index is 6.06. The third kappa shape index (κ3) is 3.64. The van der Waals surface area contributed by atoms with Crippen LogP contribution in [0.15, 0.2) is 34.9 Å². The van der Waals surface area contributed by atoms with Crippen molar-refractivity contribution in [2.75, 3.05) is 20.6 Å². The minimum atomic E-state index is 0.0433. The molecule has 0 radical (unpaired) electrons. The van der Waals surface area contributed by atoms with Gasteiger partial charge in [0, 0.05) is 17.0 Å². The highest BCUT2D eigenvalue weighted by molar-refractivity contribution is 7.16. The van der Waals surface area contributed by atoms with Gasteiger partial charge in [-0.25, -0.2) is 0 Å². The zero-order valence-electron chi connectivity index (χ0n) is 12.3. The van der Waals surface area contributed by atoms with Crippen LogP contribution in [0.1, 0.15) is 30.5 Å². The second-order valence-corrected chi connectivity index (χ2v) is 7.42. The van der Waals surface area contributed by atoms with Gasteiger partial charge in [0.2, 0.25) is 0 Å². The first-order valence-electron chi connectivity index (χ1n) is 6.59. The van der Waals surface area contributed by atoms with E-state index in [1.807, 2.05) is 18.2 Å². The van der Waals surface area contributed by atoms with E-state index in [-0.39, 0.29) is 11.6 Å². The van der Waals surface area contributed by atoms with Crippen LogP contribution in [-0.2, 0) is 0 Å². The third-order valence-electron chi connectivity index (χ3n) is 3.66. The smallest absolute Gasteiger partial charge is 0.126 e. The Balaban J connectivity index is 2.17. The van der Waals surface area contributed by atoms with Crippen molar-refractivity contribution in [1.29, 1.82) is 0 Å². The normalized spacial score (nSPS) is 13.9. The topological polar surface area (TPSA) is 28.4 Å². The second kappa shape index (κ2) is 6.31. The van der Waals surface area contributed by atoms with E-state index in [1.165, 1.54) is 4.88 Å². The lowest BCUT2D eigenvalue weighted by Gasteiger charge is -2.34. The van der Waals surface area contributed by atoms with Crippen molar-refractivity contribution in [2.24, 2.45) is 0 Å². The van der Waals surface area contributed by atoms with Crippen LogP contribution in [0.3, 0.4) is 0 Å². The Hall–Kier alpha value is -0.810. The van der Waals surface area contributed by atoms with E-state index in [2.05, 4.69) is 44.2 Å². The molecule has 2 aromatic heterocycles. The van der Waals surface area contributed by atoms with Crippen molar-refractivity contribution in [3.05, 3.63) is 45.5 Å². The van der Waals surface area contributed by atoms with E-state index in [0.717, 1.165) is 16.6 Å². The molecule has 0 fully saturated rings. The van der Waals surface area contributed by atoms with E-state index in [1.54, 1.807) is 17.6 Å². The van der Waals surface area contributed by atoms with Gasteiger partial charge in [-0.15, -0.1) is 11.3 Å². The Bertz CT molecular complexity index is 534. The lowest BCUT2D eigenvalue weighted by molar-refractivity contribution is 0.185.